The lowest BCUT2D eigenvalue weighted by Gasteiger charge is -2.47. The Morgan fingerprint density at radius 1 is 1.26 bits per heavy atom. The van der Waals surface area contributed by atoms with Crippen molar-refractivity contribution in [3.8, 4) is 22.0 Å². The Bertz CT molecular complexity index is 1100. The average molecular weight is 441 g/mol. The van der Waals surface area contributed by atoms with E-state index in [-0.39, 0.29) is 23.9 Å². The number of nitrogen functional groups attached to an aromatic ring is 1. The van der Waals surface area contributed by atoms with E-state index < -0.39 is 0 Å². The van der Waals surface area contributed by atoms with Gasteiger partial charge < -0.3 is 20.3 Å². The lowest BCUT2D eigenvalue weighted by atomic mass is 9.98. The van der Waals surface area contributed by atoms with Gasteiger partial charge in [0.05, 0.1) is 23.6 Å². The topological polar surface area (TPSA) is 88.2 Å². The molecule has 3 heterocycles. The number of hydrogen-bond donors (Lipinski definition) is 1. The minimum atomic E-state index is -0.315. The second kappa shape index (κ2) is 8.22. The molecule has 9 heteroatoms. The van der Waals surface area contributed by atoms with Gasteiger partial charge in [-0.3, -0.25) is 0 Å². The summed E-state index contributed by atoms with van der Waals surface area (Å²) in [7, 11) is 1.90. The Balaban J connectivity index is 1.87. The first-order valence-electron chi connectivity index (χ1n) is 10.2. The standard InChI is InChI=1S/C22H25FN6OS/c1-5-15-17(11-30)28(4)16-10-25-20(27-21(16)29(15)12(2)3)19-18(26-22(24)31-19)13-6-8-14(23)9-7-13/h6-12,15,17H,5H2,1-4H3,(H2,24,26). The number of carbonyl (C=O) groups excluding carboxylic acids is 1. The molecule has 0 amide bonds. The maximum atomic E-state index is 13.4. The lowest BCUT2D eigenvalue weighted by Crippen LogP contribution is -2.58. The number of nitrogens with zero attached hydrogens (tertiary/aromatic N) is 5. The summed E-state index contributed by atoms with van der Waals surface area (Å²) in [6, 6.07) is 5.99. The summed E-state index contributed by atoms with van der Waals surface area (Å²) in [5.74, 6) is 0.972. The highest BCUT2D eigenvalue weighted by Gasteiger charge is 2.39. The number of aromatic nitrogens is 3. The summed E-state index contributed by atoms with van der Waals surface area (Å²) in [5.41, 5.74) is 8.20. The van der Waals surface area contributed by atoms with E-state index in [4.69, 9.17) is 10.7 Å². The number of thiazole rings is 1. The highest BCUT2D eigenvalue weighted by atomic mass is 32.1. The van der Waals surface area contributed by atoms with Crippen LogP contribution in [0.5, 0.6) is 0 Å². The van der Waals surface area contributed by atoms with Gasteiger partial charge >= 0.3 is 0 Å². The largest absolute Gasteiger partial charge is 0.375 e. The lowest BCUT2D eigenvalue weighted by molar-refractivity contribution is -0.109. The Morgan fingerprint density at radius 2 is 1.97 bits per heavy atom. The minimum absolute atomic E-state index is 0.000786. The molecule has 0 spiro atoms. The third-order valence-corrected chi connectivity index (χ3v) is 6.53. The zero-order valence-electron chi connectivity index (χ0n) is 17.9. The van der Waals surface area contributed by atoms with Crippen LogP contribution in [0.2, 0.25) is 0 Å². The molecule has 0 aliphatic carbocycles. The summed E-state index contributed by atoms with van der Waals surface area (Å²) in [6.45, 7) is 6.26. The van der Waals surface area contributed by atoms with E-state index in [0.29, 0.717) is 16.6 Å². The number of rotatable bonds is 5. The second-order valence-corrected chi connectivity index (χ2v) is 8.88. The van der Waals surface area contributed by atoms with Crippen LogP contribution >= 0.6 is 11.3 Å². The second-order valence-electron chi connectivity index (χ2n) is 7.85. The summed E-state index contributed by atoms with van der Waals surface area (Å²) in [6.07, 6.45) is 3.55. The summed E-state index contributed by atoms with van der Waals surface area (Å²) < 4.78 is 13.4. The maximum Gasteiger partial charge on any atom is 0.181 e. The molecule has 0 radical (unpaired) electrons. The molecule has 3 aromatic rings. The van der Waals surface area contributed by atoms with Crippen LogP contribution < -0.4 is 15.5 Å². The number of carbonyl (C=O) groups is 1. The molecule has 7 nitrogen and oxygen atoms in total. The molecule has 2 N–H and O–H groups in total. The van der Waals surface area contributed by atoms with Crippen LogP contribution in [0.1, 0.15) is 27.2 Å². The van der Waals surface area contributed by atoms with E-state index in [1.54, 1.807) is 18.3 Å². The first-order valence-corrected chi connectivity index (χ1v) is 11.0. The zero-order valence-corrected chi connectivity index (χ0v) is 18.7. The number of fused-ring (bicyclic) bond motifs is 1. The van der Waals surface area contributed by atoms with Crippen molar-refractivity contribution in [1.29, 1.82) is 0 Å². The van der Waals surface area contributed by atoms with Gasteiger partial charge in [0.2, 0.25) is 0 Å². The van der Waals surface area contributed by atoms with Crippen molar-refractivity contribution in [2.75, 3.05) is 22.6 Å². The number of anilines is 3. The zero-order chi connectivity index (χ0) is 22.3. The molecule has 0 bridgehead atoms. The molecule has 31 heavy (non-hydrogen) atoms. The van der Waals surface area contributed by atoms with Crippen LogP contribution in [-0.4, -0.2) is 46.4 Å². The van der Waals surface area contributed by atoms with Crippen molar-refractivity contribution >= 4 is 34.3 Å². The van der Waals surface area contributed by atoms with E-state index in [2.05, 4.69) is 35.6 Å². The predicted molar refractivity (Wildman–Crippen MR) is 123 cm³/mol. The number of likely N-dealkylation sites (N-methyl/N-ethyl adjacent to an activating group) is 1. The number of nitrogens with two attached hydrogens (primary N) is 1. The van der Waals surface area contributed by atoms with E-state index in [0.717, 1.165) is 34.7 Å². The number of aldehydes is 1. The van der Waals surface area contributed by atoms with Gasteiger partial charge in [0.1, 0.15) is 23.0 Å². The van der Waals surface area contributed by atoms with Crippen molar-refractivity contribution in [3.05, 3.63) is 36.3 Å². The SMILES string of the molecule is CCC1C(C=O)N(C)c2cnc(-c3sc(N)nc3-c3ccc(F)cc3)nc2N1C(C)C. The van der Waals surface area contributed by atoms with Gasteiger partial charge in [0.15, 0.2) is 16.8 Å². The molecular weight excluding hydrogens is 415 g/mol. The first kappa shape index (κ1) is 21.2. The van der Waals surface area contributed by atoms with Crippen molar-refractivity contribution in [3.63, 3.8) is 0 Å². The Kier molecular flexibility index (Phi) is 5.62. The van der Waals surface area contributed by atoms with Gasteiger partial charge in [-0.25, -0.2) is 19.3 Å². The van der Waals surface area contributed by atoms with Gasteiger partial charge in [-0.05, 0) is 44.5 Å². The first-order chi connectivity index (χ1) is 14.8. The molecule has 0 saturated heterocycles. The highest BCUT2D eigenvalue weighted by molar-refractivity contribution is 7.19. The number of halogens is 1. The number of hydrogen-bond acceptors (Lipinski definition) is 8. The fourth-order valence-electron chi connectivity index (χ4n) is 4.19. The average Bonchev–Trinajstić information content (AvgIpc) is 3.15. The molecular formula is C22H25FN6OS. The molecule has 0 saturated carbocycles. The fourth-order valence-corrected chi connectivity index (χ4v) is 4.99. The van der Waals surface area contributed by atoms with Crippen LogP contribution in [0.3, 0.4) is 0 Å². The van der Waals surface area contributed by atoms with Crippen LogP contribution in [0.4, 0.5) is 21.0 Å². The van der Waals surface area contributed by atoms with E-state index in [9.17, 15) is 9.18 Å². The molecule has 0 fully saturated rings. The Hall–Kier alpha value is -3.07. The Labute approximate surface area is 184 Å². The predicted octanol–water partition coefficient (Wildman–Crippen LogP) is 4.00. The third-order valence-electron chi connectivity index (χ3n) is 5.65. The van der Waals surface area contributed by atoms with Gasteiger partial charge in [-0.2, -0.15) is 0 Å². The number of benzene rings is 1. The van der Waals surface area contributed by atoms with Crippen molar-refractivity contribution in [2.24, 2.45) is 0 Å². The summed E-state index contributed by atoms with van der Waals surface area (Å²) in [4.78, 5) is 30.7. The van der Waals surface area contributed by atoms with E-state index in [1.807, 2.05) is 11.9 Å². The van der Waals surface area contributed by atoms with Gasteiger partial charge in [0.25, 0.3) is 0 Å². The third kappa shape index (κ3) is 3.63. The van der Waals surface area contributed by atoms with Crippen LogP contribution in [0, 0.1) is 5.82 Å². The molecule has 2 unspecified atom stereocenters. The summed E-state index contributed by atoms with van der Waals surface area (Å²) in [5, 5.41) is 0.390. The quantitative estimate of drug-likeness (QED) is 0.600. The van der Waals surface area contributed by atoms with Crippen molar-refractivity contribution in [1.82, 2.24) is 15.0 Å². The fraction of sp³-hybridized carbons (Fsp3) is 0.364. The van der Waals surface area contributed by atoms with E-state index >= 15 is 0 Å². The van der Waals surface area contributed by atoms with Crippen molar-refractivity contribution < 1.29 is 9.18 Å². The molecule has 4 rings (SSSR count). The molecule has 1 aromatic carbocycles. The maximum absolute atomic E-state index is 13.4. The van der Waals surface area contributed by atoms with Crippen molar-refractivity contribution in [2.45, 2.75) is 45.3 Å². The smallest absolute Gasteiger partial charge is 0.181 e. The normalized spacial score (nSPS) is 18.4. The van der Waals surface area contributed by atoms with Gasteiger partial charge in [0, 0.05) is 18.7 Å². The van der Waals surface area contributed by atoms with Gasteiger partial charge in [-0.15, -0.1) is 0 Å². The van der Waals surface area contributed by atoms with Crippen LogP contribution in [0.15, 0.2) is 30.5 Å². The molecule has 1 aliphatic heterocycles. The van der Waals surface area contributed by atoms with Gasteiger partial charge in [-0.1, -0.05) is 18.3 Å². The monoisotopic (exact) mass is 440 g/mol. The van der Waals surface area contributed by atoms with E-state index in [1.165, 1.54) is 23.5 Å². The van der Waals surface area contributed by atoms with Crippen LogP contribution in [-0.2, 0) is 4.79 Å². The molecule has 1 aliphatic rings. The summed E-state index contributed by atoms with van der Waals surface area (Å²) >= 11 is 1.30. The minimum Gasteiger partial charge on any atom is -0.375 e. The highest BCUT2D eigenvalue weighted by Crippen LogP contribution is 2.41. The molecule has 2 aromatic heterocycles. The van der Waals surface area contributed by atoms with Crippen LogP contribution in [0.25, 0.3) is 22.0 Å². The Morgan fingerprint density at radius 3 is 2.58 bits per heavy atom. The molecule has 162 valence electrons. The molecule has 2 atom stereocenters.